The molecule has 0 radical (unpaired) electrons. The van der Waals surface area contributed by atoms with E-state index in [9.17, 15) is 4.79 Å². The van der Waals surface area contributed by atoms with Gasteiger partial charge in [-0.15, -0.1) is 11.3 Å². The summed E-state index contributed by atoms with van der Waals surface area (Å²) in [5.74, 6) is 0.109. The van der Waals surface area contributed by atoms with E-state index in [-0.39, 0.29) is 5.78 Å². The first kappa shape index (κ1) is 14.0. The molecule has 0 aliphatic carbocycles. The van der Waals surface area contributed by atoms with E-state index in [1.807, 2.05) is 36.4 Å². The number of rotatable bonds is 6. The van der Waals surface area contributed by atoms with Gasteiger partial charge in [0.25, 0.3) is 0 Å². The van der Waals surface area contributed by atoms with Gasteiger partial charge in [-0.25, -0.2) is 0 Å². The molecule has 100 valence electrons. The van der Waals surface area contributed by atoms with Gasteiger partial charge in [-0.1, -0.05) is 37.3 Å². The van der Waals surface area contributed by atoms with Crippen LogP contribution in [0.1, 0.15) is 28.3 Å². The summed E-state index contributed by atoms with van der Waals surface area (Å²) in [7, 11) is 1.58. The zero-order valence-corrected chi connectivity index (χ0v) is 12.1. The first-order valence-electron chi connectivity index (χ1n) is 6.42. The van der Waals surface area contributed by atoms with Crippen molar-refractivity contribution in [1.29, 1.82) is 0 Å². The number of benzene rings is 1. The smallest absolute Gasteiger partial charge is 0.171 e. The van der Waals surface area contributed by atoms with Gasteiger partial charge in [0, 0.05) is 23.3 Å². The van der Waals surface area contributed by atoms with Gasteiger partial charge in [-0.3, -0.25) is 4.79 Å². The highest BCUT2D eigenvalue weighted by atomic mass is 32.1. The van der Waals surface area contributed by atoms with Crippen LogP contribution in [0.25, 0.3) is 0 Å². The van der Waals surface area contributed by atoms with Crippen molar-refractivity contribution in [3.05, 3.63) is 57.8 Å². The van der Waals surface area contributed by atoms with Crippen molar-refractivity contribution < 1.29 is 9.53 Å². The molecule has 1 aromatic heterocycles. The Balaban J connectivity index is 2.09. The van der Waals surface area contributed by atoms with Gasteiger partial charge in [0.2, 0.25) is 0 Å². The fourth-order valence-corrected chi connectivity index (χ4v) is 3.02. The van der Waals surface area contributed by atoms with Crippen LogP contribution in [0, 0.1) is 0 Å². The Bertz CT molecular complexity index is 531. The van der Waals surface area contributed by atoms with Crippen molar-refractivity contribution in [1.82, 2.24) is 0 Å². The third kappa shape index (κ3) is 3.52. The molecule has 0 saturated heterocycles. The van der Waals surface area contributed by atoms with E-state index in [4.69, 9.17) is 4.74 Å². The number of ether oxygens (including phenoxy) is 1. The third-order valence-corrected chi connectivity index (χ3v) is 4.27. The van der Waals surface area contributed by atoms with E-state index >= 15 is 0 Å². The van der Waals surface area contributed by atoms with Crippen LogP contribution in [0.5, 0.6) is 0 Å². The first-order valence-corrected chi connectivity index (χ1v) is 7.24. The molecular formula is C16H18O2S. The van der Waals surface area contributed by atoms with Gasteiger partial charge >= 0.3 is 0 Å². The van der Waals surface area contributed by atoms with Crippen molar-refractivity contribution in [2.45, 2.75) is 25.9 Å². The van der Waals surface area contributed by atoms with Crippen LogP contribution < -0.4 is 0 Å². The molecule has 1 atom stereocenters. The van der Waals surface area contributed by atoms with Crippen LogP contribution >= 0.6 is 11.3 Å². The normalized spacial score (nSPS) is 12.3. The monoisotopic (exact) mass is 274 g/mol. The lowest BCUT2D eigenvalue weighted by Crippen LogP contribution is -2.16. The van der Waals surface area contributed by atoms with Gasteiger partial charge < -0.3 is 4.74 Å². The molecule has 2 aromatic rings. The topological polar surface area (TPSA) is 26.3 Å². The first-order chi connectivity index (χ1) is 9.24. The number of thiophene rings is 1. The molecule has 3 heteroatoms. The minimum absolute atomic E-state index is 0.109. The molecule has 1 heterocycles. The number of methoxy groups -OCH3 is 1. The summed E-state index contributed by atoms with van der Waals surface area (Å²) in [6, 6.07) is 13.8. The predicted molar refractivity (Wildman–Crippen MR) is 78.6 cm³/mol. The molecule has 0 amide bonds. The molecule has 0 spiro atoms. The molecule has 0 saturated carbocycles. The van der Waals surface area contributed by atoms with E-state index < -0.39 is 6.10 Å². The zero-order valence-electron chi connectivity index (χ0n) is 11.3. The van der Waals surface area contributed by atoms with E-state index in [0.717, 1.165) is 16.9 Å². The number of hydrogen-bond acceptors (Lipinski definition) is 3. The fraction of sp³-hybridized carbons (Fsp3) is 0.312. The fourth-order valence-electron chi connectivity index (χ4n) is 2.05. The number of aryl methyl sites for hydroxylation is 1. The molecule has 0 aliphatic rings. The molecule has 2 nitrogen and oxygen atoms in total. The lowest BCUT2D eigenvalue weighted by molar-refractivity contribution is -0.128. The van der Waals surface area contributed by atoms with Crippen LogP contribution in [0.2, 0.25) is 0 Å². The minimum atomic E-state index is -0.464. The highest BCUT2D eigenvalue weighted by Crippen LogP contribution is 2.23. The lowest BCUT2D eigenvalue weighted by Gasteiger charge is -2.13. The molecule has 19 heavy (non-hydrogen) atoms. The largest absolute Gasteiger partial charge is 0.369 e. The van der Waals surface area contributed by atoms with Crippen LogP contribution in [0.4, 0.5) is 0 Å². The molecule has 2 rings (SSSR count). The second-order valence-electron chi connectivity index (χ2n) is 4.39. The molecule has 0 bridgehead atoms. The van der Waals surface area contributed by atoms with Crippen molar-refractivity contribution in [2.24, 2.45) is 0 Å². The number of Topliss-reactive ketones (excluding diaryl/α,β-unsaturated/α-hetero) is 1. The van der Waals surface area contributed by atoms with Crippen LogP contribution in [0.15, 0.2) is 42.5 Å². The van der Waals surface area contributed by atoms with Crippen LogP contribution in [-0.2, 0) is 22.4 Å². The van der Waals surface area contributed by atoms with Gasteiger partial charge in [-0.05, 0) is 24.1 Å². The highest BCUT2D eigenvalue weighted by Gasteiger charge is 2.20. The van der Waals surface area contributed by atoms with Crippen LogP contribution in [-0.4, -0.2) is 12.9 Å². The SMILES string of the molecule is CCc1ccc(CC(=O)C(OC)c2ccccc2)s1. The molecular weight excluding hydrogens is 256 g/mol. The Labute approximate surface area is 118 Å². The number of carbonyl (C=O) groups excluding carboxylic acids is 1. The van der Waals surface area contributed by atoms with Crippen molar-refractivity contribution in [3.8, 4) is 0 Å². The van der Waals surface area contributed by atoms with Crippen molar-refractivity contribution in [2.75, 3.05) is 7.11 Å². The van der Waals surface area contributed by atoms with E-state index in [1.54, 1.807) is 18.4 Å². The molecule has 0 aliphatic heterocycles. The third-order valence-electron chi connectivity index (χ3n) is 3.04. The maximum Gasteiger partial charge on any atom is 0.171 e. The van der Waals surface area contributed by atoms with Gasteiger partial charge in [0.05, 0.1) is 0 Å². The second kappa shape index (κ2) is 6.64. The Kier molecular flexibility index (Phi) is 4.88. The Hall–Kier alpha value is -1.45. The van der Waals surface area contributed by atoms with Gasteiger partial charge in [0.1, 0.15) is 6.10 Å². The quantitative estimate of drug-likeness (QED) is 0.800. The number of ketones is 1. The summed E-state index contributed by atoms with van der Waals surface area (Å²) in [4.78, 5) is 14.8. The predicted octanol–water partition coefficient (Wildman–Crippen LogP) is 3.81. The Morgan fingerprint density at radius 2 is 1.84 bits per heavy atom. The Morgan fingerprint density at radius 1 is 1.16 bits per heavy atom. The molecule has 0 fully saturated rings. The second-order valence-corrected chi connectivity index (χ2v) is 5.64. The number of hydrogen-bond donors (Lipinski definition) is 0. The maximum absolute atomic E-state index is 12.3. The molecule has 1 unspecified atom stereocenters. The van der Waals surface area contributed by atoms with E-state index in [2.05, 4.69) is 13.0 Å². The summed E-state index contributed by atoms with van der Waals surface area (Å²) >= 11 is 1.71. The average molecular weight is 274 g/mol. The molecule has 0 N–H and O–H groups in total. The lowest BCUT2D eigenvalue weighted by atomic mass is 10.0. The summed E-state index contributed by atoms with van der Waals surface area (Å²) < 4.78 is 5.36. The minimum Gasteiger partial charge on any atom is -0.369 e. The summed E-state index contributed by atoms with van der Waals surface area (Å²) in [5, 5.41) is 0. The van der Waals surface area contributed by atoms with Gasteiger partial charge in [0.15, 0.2) is 5.78 Å². The van der Waals surface area contributed by atoms with Crippen LogP contribution in [0.3, 0.4) is 0 Å². The van der Waals surface area contributed by atoms with Crippen molar-refractivity contribution >= 4 is 17.1 Å². The average Bonchev–Trinajstić information content (AvgIpc) is 2.88. The standard InChI is InChI=1S/C16H18O2S/c1-3-13-9-10-14(19-13)11-15(17)16(18-2)12-7-5-4-6-8-12/h4-10,16H,3,11H2,1-2H3. The van der Waals surface area contributed by atoms with E-state index in [1.165, 1.54) is 4.88 Å². The summed E-state index contributed by atoms with van der Waals surface area (Å²) in [6.07, 6.45) is 0.997. The number of carbonyl (C=O) groups is 1. The zero-order chi connectivity index (χ0) is 13.7. The Morgan fingerprint density at radius 3 is 2.42 bits per heavy atom. The molecule has 1 aromatic carbocycles. The summed E-state index contributed by atoms with van der Waals surface area (Å²) in [6.45, 7) is 2.12. The highest BCUT2D eigenvalue weighted by molar-refractivity contribution is 7.12. The van der Waals surface area contributed by atoms with Gasteiger partial charge in [-0.2, -0.15) is 0 Å². The van der Waals surface area contributed by atoms with E-state index in [0.29, 0.717) is 6.42 Å². The maximum atomic E-state index is 12.3. The summed E-state index contributed by atoms with van der Waals surface area (Å²) in [5.41, 5.74) is 0.919. The van der Waals surface area contributed by atoms with Crippen molar-refractivity contribution in [3.63, 3.8) is 0 Å².